The van der Waals surface area contributed by atoms with Crippen LogP contribution in [-0.4, -0.2) is 30.4 Å². The fourth-order valence-electron chi connectivity index (χ4n) is 3.10. The van der Waals surface area contributed by atoms with Crippen molar-refractivity contribution in [3.63, 3.8) is 0 Å². The van der Waals surface area contributed by atoms with Crippen LogP contribution in [0.15, 0.2) is 59.5 Å². The first-order chi connectivity index (χ1) is 12.0. The van der Waals surface area contributed by atoms with Crippen LogP contribution in [0, 0.1) is 5.41 Å². The van der Waals surface area contributed by atoms with Gasteiger partial charge in [0, 0.05) is 18.0 Å². The number of amides is 1. The zero-order chi connectivity index (χ0) is 17.9. The number of likely N-dealkylation sites (tertiary alicyclic amines) is 1. The molecule has 1 heterocycles. The van der Waals surface area contributed by atoms with Crippen LogP contribution >= 0.6 is 23.4 Å². The second-order valence-corrected chi connectivity index (χ2v) is 8.42. The van der Waals surface area contributed by atoms with Crippen molar-refractivity contribution in [1.82, 2.24) is 4.90 Å². The number of carbonyl (C=O) groups excluding carboxylic acids is 1. The smallest absolute Gasteiger partial charge is 0.240 e. The van der Waals surface area contributed by atoms with Gasteiger partial charge in [-0.3, -0.25) is 4.79 Å². The first-order valence-electron chi connectivity index (χ1n) is 8.47. The van der Waals surface area contributed by atoms with Crippen LogP contribution in [0.4, 0.5) is 0 Å². The molecule has 0 saturated carbocycles. The molecule has 25 heavy (non-hydrogen) atoms. The van der Waals surface area contributed by atoms with E-state index in [1.54, 1.807) is 0 Å². The van der Waals surface area contributed by atoms with E-state index < -0.39 is 0 Å². The Kier molecular flexibility index (Phi) is 5.72. The number of benzene rings is 2. The predicted molar refractivity (Wildman–Crippen MR) is 105 cm³/mol. The van der Waals surface area contributed by atoms with E-state index in [9.17, 15) is 4.79 Å². The minimum Gasteiger partial charge on any atom is -0.341 e. The van der Waals surface area contributed by atoms with Gasteiger partial charge >= 0.3 is 0 Å². The molecule has 1 amide bonds. The second kappa shape index (κ2) is 7.81. The van der Waals surface area contributed by atoms with E-state index in [2.05, 4.69) is 6.92 Å². The highest BCUT2D eigenvalue weighted by molar-refractivity contribution is 8.00. The summed E-state index contributed by atoms with van der Waals surface area (Å²) in [6, 6.07) is 17.6. The number of nitrogens with zero attached hydrogens (tertiary/aromatic N) is 1. The third-order valence-corrected chi connectivity index (χ3v) is 6.53. The molecule has 1 aliphatic heterocycles. The number of rotatable bonds is 5. The quantitative estimate of drug-likeness (QED) is 0.790. The van der Waals surface area contributed by atoms with E-state index in [1.165, 1.54) is 11.8 Å². The topological polar surface area (TPSA) is 46.3 Å². The van der Waals surface area contributed by atoms with Crippen LogP contribution in [0.2, 0.25) is 5.02 Å². The van der Waals surface area contributed by atoms with Crippen LogP contribution in [0.1, 0.15) is 24.2 Å². The van der Waals surface area contributed by atoms with E-state index in [-0.39, 0.29) is 16.6 Å². The Morgan fingerprint density at radius 3 is 2.56 bits per heavy atom. The number of carbonyl (C=O) groups is 1. The Balaban J connectivity index is 1.87. The van der Waals surface area contributed by atoms with Crippen LogP contribution in [0.25, 0.3) is 0 Å². The van der Waals surface area contributed by atoms with Gasteiger partial charge in [-0.05, 0) is 36.1 Å². The molecule has 0 spiro atoms. The minimum atomic E-state index is -0.304. The number of hydrogen-bond donors (Lipinski definition) is 1. The maximum atomic E-state index is 13.3. The Morgan fingerprint density at radius 1 is 1.24 bits per heavy atom. The van der Waals surface area contributed by atoms with Crippen molar-refractivity contribution in [2.75, 3.05) is 19.6 Å². The Bertz CT molecular complexity index is 739. The van der Waals surface area contributed by atoms with Gasteiger partial charge in [-0.2, -0.15) is 0 Å². The normalized spacial score (nSPS) is 21.3. The SMILES string of the molecule is CC1(CN)CCN(C(=O)C(Sc2ccccc2Cl)c2ccccc2)C1. The Hall–Kier alpha value is -1.49. The second-order valence-electron chi connectivity index (χ2n) is 6.86. The van der Waals surface area contributed by atoms with Gasteiger partial charge in [0.2, 0.25) is 5.91 Å². The number of hydrogen-bond acceptors (Lipinski definition) is 3. The van der Waals surface area contributed by atoms with Crippen LogP contribution < -0.4 is 5.73 Å². The largest absolute Gasteiger partial charge is 0.341 e. The molecular weight excluding hydrogens is 352 g/mol. The average Bonchev–Trinajstić information content (AvgIpc) is 3.04. The molecule has 3 rings (SSSR count). The molecule has 0 aliphatic carbocycles. The maximum absolute atomic E-state index is 13.3. The standard InChI is InChI=1S/C20H23ClN2OS/c1-20(13-22)11-12-23(14-20)19(24)18(15-7-3-2-4-8-15)25-17-10-6-5-9-16(17)21/h2-10,18H,11-14,22H2,1H3. The number of halogens is 1. The first-order valence-corrected chi connectivity index (χ1v) is 9.73. The predicted octanol–water partition coefficient (Wildman–Crippen LogP) is 4.37. The summed E-state index contributed by atoms with van der Waals surface area (Å²) in [6.45, 7) is 4.23. The van der Waals surface area contributed by atoms with Gasteiger partial charge in [0.15, 0.2) is 0 Å². The fraction of sp³-hybridized carbons (Fsp3) is 0.350. The summed E-state index contributed by atoms with van der Waals surface area (Å²) in [6.07, 6.45) is 0.952. The molecule has 2 unspecified atom stereocenters. The molecule has 5 heteroatoms. The molecule has 132 valence electrons. The third kappa shape index (κ3) is 4.20. The highest BCUT2D eigenvalue weighted by Gasteiger charge is 2.38. The number of nitrogens with two attached hydrogens (primary N) is 1. The molecule has 2 atom stereocenters. The van der Waals surface area contributed by atoms with E-state index >= 15 is 0 Å². The van der Waals surface area contributed by atoms with Crippen LogP contribution in [-0.2, 0) is 4.79 Å². The van der Waals surface area contributed by atoms with Crippen LogP contribution in [0.3, 0.4) is 0 Å². The summed E-state index contributed by atoms with van der Waals surface area (Å²) in [5.41, 5.74) is 6.92. The lowest BCUT2D eigenvalue weighted by atomic mass is 9.90. The molecule has 2 aromatic carbocycles. The third-order valence-electron chi connectivity index (χ3n) is 4.77. The van der Waals surface area contributed by atoms with Gasteiger partial charge in [-0.15, -0.1) is 11.8 Å². The molecule has 0 radical (unpaired) electrons. The summed E-state index contributed by atoms with van der Waals surface area (Å²) in [4.78, 5) is 16.2. The monoisotopic (exact) mass is 374 g/mol. The molecule has 0 bridgehead atoms. The highest BCUT2D eigenvalue weighted by Crippen LogP contribution is 2.41. The molecule has 2 N–H and O–H groups in total. The van der Waals surface area contributed by atoms with Crippen LogP contribution in [0.5, 0.6) is 0 Å². The van der Waals surface area contributed by atoms with Crippen molar-refractivity contribution in [3.05, 3.63) is 65.2 Å². The maximum Gasteiger partial charge on any atom is 0.240 e. The summed E-state index contributed by atoms with van der Waals surface area (Å²) in [5.74, 6) is 0.133. The van der Waals surface area contributed by atoms with Crippen molar-refractivity contribution in [2.24, 2.45) is 11.1 Å². The summed E-state index contributed by atoms with van der Waals surface area (Å²) in [7, 11) is 0. The van der Waals surface area contributed by atoms with Crippen molar-refractivity contribution < 1.29 is 4.79 Å². The fourth-order valence-corrected chi connectivity index (χ4v) is 4.50. The van der Waals surface area contributed by atoms with Crippen molar-refractivity contribution in [3.8, 4) is 0 Å². The Morgan fingerprint density at radius 2 is 1.92 bits per heavy atom. The highest BCUT2D eigenvalue weighted by atomic mass is 35.5. The lowest BCUT2D eigenvalue weighted by Crippen LogP contribution is -2.36. The zero-order valence-corrected chi connectivity index (χ0v) is 15.9. The van der Waals surface area contributed by atoms with Crippen molar-refractivity contribution >= 4 is 29.3 Å². The zero-order valence-electron chi connectivity index (χ0n) is 14.3. The Labute approximate surface area is 158 Å². The van der Waals surface area contributed by atoms with E-state index in [1.807, 2.05) is 59.5 Å². The van der Waals surface area contributed by atoms with Crippen molar-refractivity contribution in [2.45, 2.75) is 23.5 Å². The van der Waals surface area contributed by atoms with E-state index in [4.69, 9.17) is 17.3 Å². The lowest BCUT2D eigenvalue weighted by molar-refractivity contribution is -0.130. The molecule has 1 fully saturated rings. The molecule has 0 aromatic heterocycles. The molecule has 3 nitrogen and oxygen atoms in total. The molecule has 1 aliphatic rings. The van der Waals surface area contributed by atoms with Gasteiger partial charge < -0.3 is 10.6 Å². The van der Waals surface area contributed by atoms with Gasteiger partial charge in [-0.1, -0.05) is 61.0 Å². The van der Waals surface area contributed by atoms with Gasteiger partial charge in [0.25, 0.3) is 0 Å². The van der Waals surface area contributed by atoms with Gasteiger partial charge in [-0.25, -0.2) is 0 Å². The summed E-state index contributed by atoms with van der Waals surface area (Å²) >= 11 is 7.84. The van der Waals surface area contributed by atoms with Gasteiger partial charge in [0.05, 0.1) is 5.02 Å². The van der Waals surface area contributed by atoms with E-state index in [0.29, 0.717) is 11.6 Å². The lowest BCUT2D eigenvalue weighted by Gasteiger charge is -2.26. The first kappa shape index (κ1) is 18.3. The van der Waals surface area contributed by atoms with Crippen molar-refractivity contribution in [1.29, 1.82) is 0 Å². The molecule has 2 aromatic rings. The minimum absolute atomic E-state index is 0.0198. The molecular formula is C20H23ClN2OS. The van der Waals surface area contributed by atoms with E-state index in [0.717, 1.165) is 30.0 Å². The number of thioether (sulfide) groups is 1. The molecule has 1 saturated heterocycles. The summed E-state index contributed by atoms with van der Waals surface area (Å²) < 4.78 is 0. The average molecular weight is 375 g/mol. The summed E-state index contributed by atoms with van der Waals surface area (Å²) in [5, 5.41) is 0.371. The van der Waals surface area contributed by atoms with Gasteiger partial charge in [0.1, 0.15) is 5.25 Å².